The Labute approximate surface area is 147 Å². The van der Waals surface area contributed by atoms with E-state index >= 15 is 0 Å². The van der Waals surface area contributed by atoms with E-state index in [1.807, 2.05) is 0 Å². The molecule has 3 aromatic rings. The number of benzene rings is 2. The molecule has 3 rings (SSSR count). The maximum Gasteiger partial charge on any atom is 0.449 e. The summed E-state index contributed by atoms with van der Waals surface area (Å²) < 4.78 is 50.9. The molecule has 1 aromatic heterocycles. The molecule has 0 aliphatic carbocycles. The highest BCUT2D eigenvalue weighted by Crippen LogP contribution is 2.30. The van der Waals surface area contributed by atoms with Gasteiger partial charge in [-0.25, -0.2) is 9.37 Å². The quantitative estimate of drug-likeness (QED) is 0.613. The van der Waals surface area contributed by atoms with Crippen LogP contribution in [0, 0.1) is 5.82 Å². The van der Waals surface area contributed by atoms with Gasteiger partial charge in [0.1, 0.15) is 11.3 Å². The largest absolute Gasteiger partial charge is 0.449 e. The number of halogens is 6. The van der Waals surface area contributed by atoms with Crippen LogP contribution in [-0.2, 0) is 12.7 Å². The SMILES string of the molecule is Cl.Cl.Fc1ccc(CNc2cccc3[nH]c(C(F)(F)F)nc23)cc1. The Morgan fingerprint density at radius 1 is 1.00 bits per heavy atom. The molecule has 0 atom stereocenters. The zero-order valence-corrected chi connectivity index (χ0v) is 13.7. The lowest BCUT2D eigenvalue weighted by molar-refractivity contribution is -0.144. The second-order valence-electron chi connectivity index (χ2n) is 4.76. The van der Waals surface area contributed by atoms with Crippen LogP contribution in [0.5, 0.6) is 0 Å². The van der Waals surface area contributed by atoms with Crippen molar-refractivity contribution >= 4 is 41.5 Å². The predicted molar refractivity (Wildman–Crippen MR) is 89.3 cm³/mol. The summed E-state index contributed by atoms with van der Waals surface area (Å²) in [7, 11) is 0. The van der Waals surface area contributed by atoms with E-state index in [1.165, 1.54) is 18.2 Å². The van der Waals surface area contributed by atoms with Crippen LogP contribution < -0.4 is 5.32 Å². The number of nitrogens with zero attached hydrogens (tertiary/aromatic N) is 1. The van der Waals surface area contributed by atoms with Crippen molar-refractivity contribution in [2.45, 2.75) is 12.7 Å². The number of aromatic nitrogens is 2. The number of H-pyrrole nitrogens is 1. The fourth-order valence-electron chi connectivity index (χ4n) is 2.11. The molecule has 0 amide bonds. The first kappa shape index (κ1) is 20.1. The molecule has 0 spiro atoms. The fourth-order valence-corrected chi connectivity index (χ4v) is 2.11. The van der Waals surface area contributed by atoms with E-state index in [0.29, 0.717) is 17.7 Å². The van der Waals surface area contributed by atoms with E-state index in [1.54, 1.807) is 24.3 Å². The molecule has 0 aliphatic rings. The second-order valence-corrected chi connectivity index (χ2v) is 4.76. The van der Waals surface area contributed by atoms with Crippen LogP contribution in [0.4, 0.5) is 23.2 Å². The minimum Gasteiger partial charge on any atom is -0.379 e. The Morgan fingerprint density at radius 2 is 1.67 bits per heavy atom. The van der Waals surface area contributed by atoms with E-state index in [4.69, 9.17) is 0 Å². The smallest absolute Gasteiger partial charge is 0.379 e. The van der Waals surface area contributed by atoms with Gasteiger partial charge in [0.2, 0.25) is 5.82 Å². The lowest BCUT2D eigenvalue weighted by Crippen LogP contribution is -2.07. The monoisotopic (exact) mass is 381 g/mol. The molecule has 0 saturated heterocycles. The molecule has 130 valence electrons. The number of aromatic amines is 1. The number of anilines is 1. The summed E-state index contributed by atoms with van der Waals surface area (Å²) >= 11 is 0. The summed E-state index contributed by atoms with van der Waals surface area (Å²) in [5, 5.41) is 3.02. The third-order valence-corrected chi connectivity index (χ3v) is 3.18. The highest BCUT2D eigenvalue weighted by Gasteiger charge is 2.35. The zero-order chi connectivity index (χ0) is 15.7. The number of hydrogen-bond donors (Lipinski definition) is 2. The van der Waals surface area contributed by atoms with Gasteiger partial charge in [-0.3, -0.25) is 0 Å². The number of imidazole rings is 1. The average Bonchev–Trinajstić information content (AvgIpc) is 2.91. The van der Waals surface area contributed by atoms with Crippen molar-refractivity contribution in [2.24, 2.45) is 0 Å². The first-order chi connectivity index (χ1) is 10.4. The molecule has 1 heterocycles. The van der Waals surface area contributed by atoms with Crippen molar-refractivity contribution in [2.75, 3.05) is 5.32 Å². The van der Waals surface area contributed by atoms with Gasteiger partial charge in [0.15, 0.2) is 0 Å². The molecule has 0 saturated carbocycles. The molecule has 0 aliphatic heterocycles. The first-order valence-electron chi connectivity index (χ1n) is 6.48. The zero-order valence-electron chi connectivity index (χ0n) is 12.0. The average molecular weight is 382 g/mol. The topological polar surface area (TPSA) is 40.7 Å². The van der Waals surface area contributed by atoms with Crippen molar-refractivity contribution < 1.29 is 17.6 Å². The molecule has 24 heavy (non-hydrogen) atoms. The van der Waals surface area contributed by atoms with Crippen LogP contribution in [0.1, 0.15) is 11.4 Å². The summed E-state index contributed by atoms with van der Waals surface area (Å²) in [6, 6.07) is 10.7. The summed E-state index contributed by atoms with van der Waals surface area (Å²) in [5.41, 5.74) is 1.81. The van der Waals surface area contributed by atoms with Crippen LogP contribution >= 0.6 is 24.8 Å². The van der Waals surface area contributed by atoms with Gasteiger partial charge in [0, 0.05) is 6.54 Å². The number of alkyl halides is 3. The number of nitrogens with one attached hydrogen (secondary N) is 2. The molecule has 0 radical (unpaired) electrons. The maximum absolute atomic E-state index is 12.8. The normalized spacial score (nSPS) is 10.8. The summed E-state index contributed by atoms with van der Waals surface area (Å²) in [6.45, 7) is 0.355. The Balaban J connectivity index is 0.00000144. The number of para-hydroxylation sites is 1. The van der Waals surface area contributed by atoms with Gasteiger partial charge < -0.3 is 10.3 Å². The van der Waals surface area contributed by atoms with Gasteiger partial charge >= 0.3 is 6.18 Å². The number of fused-ring (bicyclic) bond motifs is 1. The van der Waals surface area contributed by atoms with Crippen molar-refractivity contribution in [3.63, 3.8) is 0 Å². The van der Waals surface area contributed by atoms with E-state index in [-0.39, 0.29) is 36.1 Å². The van der Waals surface area contributed by atoms with E-state index in [0.717, 1.165) is 5.56 Å². The van der Waals surface area contributed by atoms with E-state index < -0.39 is 12.0 Å². The van der Waals surface area contributed by atoms with Crippen molar-refractivity contribution in [3.05, 3.63) is 59.7 Å². The van der Waals surface area contributed by atoms with Gasteiger partial charge in [-0.05, 0) is 29.8 Å². The Morgan fingerprint density at radius 3 is 2.29 bits per heavy atom. The third-order valence-electron chi connectivity index (χ3n) is 3.18. The van der Waals surface area contributed by atoms with Gasteiger partial charge in [-0.2, -0.15) is 13.2 Å². The minimum atomic E-state index is -4.52. The molecule has 9 heteroatoms. The molecule has 0 bridgehead atoms. The minimum absolute atomic E-state index is 0. The van der Waals surface area contributed by atoms with Crippen molar-refractivity contribution in [3.8, 4) is 0 Å². The highest BCUT2D eigenvalue weighted by molar-refractivity contribution is 5.88. The number of rotatable bonds is 3. The van der Waals surface area contributed by atoms with Crippen molar-refractivity contribution in [1.29, 1.82) is 0 Å². The molecular formula is C15H13Cl2F4N3. The number of hydrogen-bond acceptors (Lipinski definition) is 2. The van der Waals surface area contributed by atoms with E-state index in [2.05, 4.69) is 15.3 Å². The predicted octanol–water partition coefficient (Wildman–Crippen LogP) is 5.18. The Bertz CT molecular complexity index is 801. The lowest BCUT2D eigenvalue weighted by atomic mass is 10.2. The van der Waals surface area contributed by atoms with Crippen LogP contribution in [0.25, 0.3) is 11.0 Å². The Kier molecular flexibility index (Phi) is 6.45. The maximum atomic E-state index is 12.8. The van der Waals surface area contributed by atoms with Gasteiger partial charge in [0.05, 0.1) is 11.2 Å². The second kappa shape index (κ2) is 7.72. The van der Waals surface area contributed by atoms with Gasteiger partial charge in [0.25, 0.3) is 0 Å². The molecule has 0 unspecified atom stereocenters. The first-order valence-corrected chi connectivity index (χ1v) is 6.48. The summed E-state index contributed by atoms with van der Waals surface area (Å²) in [4.78, 5) is 5.86. The van der Waals surface area contributed by atoms with Crippen LogP contribution in [0.2, 0.25) is 0 Å². The van der Waals surface area contributed by atoms with Crippen molar-refractivity contribution in [1.82, 2.24) is 9.97 Å². The Hall–Kier alpha value is -1.99. The standard InChI is InChI=1S/C15H11F4N3.2ClH/c16-10-6-4-9(5-7-10)8-20-11-2-1-3-12-13(11)22-14(21-12)15(17,18)19;;/h1-7,20H,8H2,(H,21,22);2*1H. The van der Waals surface area contributed by atoms with Gasteiger partial charge in [-0.15, -0.1) is 24.8 Å². The fraction of sp³-hybridized carbons (Fsp3) is 0.133. The molecule has 3 nitrogen and oxygen atoms in total. The molecular weight excluding hydrogens is 369 g/mol. The van der Waals surface area contributed by atoms with Crippen LogP contribution in [0.15, 0.2) is 42.5 Å². The third kappa shape index (κ3) is 4.30. The lowest BCUT2D eigenvalue weighted by Gasteiger charge is -2.07. The molecule has 2 aromatic carbocycles. The molecule has 0 fully saturated rings. The van der Waals surface area contributed by atoms with Crippen LogP contribution in [0.3, 0.4) is 0 Å². The summed E-state index contributed by atoms with van der Waals surface area (Å²) in [6.07, 6.45) is -4.52. The summed E-state index contributed by atoms with van der Waals surface area (Å²) in [5.74, 6) is -1.37. The van der Waals surface area contributed by atoms with Crippen LogP contribution in [-0.4, -0.2) is 9.97 Å². The molecule has 2 N–H and O–H groups in total. The highest BCUT2D eigenvalue weighted by atomic mass is 35.5. The van der Waals surface area contributed by atoms with E-state index in [9.17, 15) is 17.6 Å². The van der Waals surface area contributed by atoms with Gasteiger partial charge in [-0.1, -0.05) is 18.2 Å².